The molecule has 0 aliphatic rings. The number of benzene rings is 2. The molecule has 2 N–H and O–H groups in total. The van der Waals surface area contributed by atoms with Gasteiger partial charge < -0.3 is 4.55 Å². The summed E-state index contributed by atoms with van der Waals surface area (Å²) in [6, 6.07) is 18.9. The third-order valence-electron chi connectivity index (χ3n) is 1.97. The van der Waals surface area contributed by atoms with Crippen molar-refractivity contribution < 1.29 is 4.55 Å². The first-order chi connectivity index (χ1) is 7.84. The molecule has 0 atom stereocenters. The molecule has 0 aromatic heterocycles. The second-order valence-electron chi connectivity index (χ2n) is 3.20. The highest BCUT2D eigenvalue weighted by atomic mass is 32.2. The highest BCUT2D eigenvalue weighted by molar-refractivity contribution is 7.94. The maximum Gasteiger partial charge on any atom is 0.192 e. The molecule has 82 valence electrons. The monoisotopic (exact) mass is 232 g/mol. The molecule has 2 aromatic rings. The Morgan fingerprint density at radius 1 is 0.688 bits per heavy atom. The predicted molar refractivity (Wildman–Crippen MR) is 68.3 cm³/mol. The average Bonchev–Trinajstić information content (AvgIpc) is 2.31. The van der Waals surface area contributed by atoms with Crippen LogP contribution in [-0.4, -0.2) is 4.55 Å². The first kappa shape index (κ1) is 10.9. The van der Waals surface area contributed by atoms with Gasteiger partial charge in [-0.1, -0.05) is 36.4 Å². The molecule has 0 heterocycles. The minimum atomic E-state index is -1.32. The van der Waals surface area contributed by atoms with Crippen molar-refractivity contribution in [3.05, 3.63) is 60.7 Å². The van der Waals surface area contributed by atoms with Gasteiger partial charge in [0.05, 0.1) is 11.4 Å². The van der Waals surface area contributed by atoms with Gasteiger partial charge in [-0.05, 0) is 24.3 Å². The Morgan fingerprint density at radius 2 is 1.06 bits per heavy atom. The maximum absolute atomic E-state index is 11.7. The second-order valence-corrected chi connectivity index (χ2v) is 4.15. The molecule has 0 bridgehead atoms. The fourth-order valence-electron chi connectivity index (χ4n) is 1.25. The molecule has 0 aliphatic heterocycles. The molecule has 0 saturated carbocycles. The van der Waals surface area contributed by atoms with Gasteiger partial charge >= 0.3 is 0 Å². The summed E-state index contributed by atoms with van der Waals surface area (Å²) in [5, 5.41) is 0. The van der Waals surface area contributed by atoms with E-state index in [4.69, 9.17) is 0 Å². The van der Waals surface area contributed by atoms with E-state index >= 15 is 0 Å². The Kier molecular flexibility index (Phi) is 3.69. The van der Waals surface area contributed by atoms with Crippen LogP contribution < -0.4 is 9.44 Å². The summed E-state index contributed by atoms with van der Waals surface area (Å²) < 4.78 is 17.4. The highest BCUT2D eigenvalue weighted by Crippen LogP contribution is 2.11. The Labute approximate surface area is 98.0 Å². The molecule has 0 aliphatic carbocycles. The lowest BCUT2D eigenvalue weighted by Crippen LogP contribution is -2.21. The lowest BCUT2D eigenvalue weighted by atomic mass is 10.3. The van der Waals surface area contributed by atoms with Gasteiger partial charge in [0.2, 0.25) is 0 Å². The summed E-state index contributed by atoms with van der Waals surface area (Å²) in [5.41, 5.74) is 1.65. The summed E-state index contributed by atoms with van der Waals surface area (Å²) in [6.07, 6.45) is 0. The molecule has 0 spiro atoms. The number of hydrogen-bond donors (Lipinski definition) is 2. The van der Waals surface area contributed by atoms with Crippen molar-refractivity contribution in [3.63, 3.8) is 0 Å². The molecule has 16 heavy (non-hydrogen) atoms. The lowest BCUT2D eigenvalue weighted by molar-refractivity contribution is 0.605. The van der Waals surface area contributed by atoms with Crippen molar-refractivity contribution in [2.45, 2.75) is 0 Å². The quantitative estimate of drug-likeness (QED) is 0.797. The van der Waals surface area contributed by atoms with E-state index in [2.05, 4.69) is 9.44 Å². The number of anilines is 2. The van der Waals surface area contributed by atoms with Gasteiger partial charge in [0, 0.05) is 0 Å². The molecule has 0 fully saturated rings. The largest absolute Gasteiger partial charge is 0.568 e. The van der Waals surface area contributed by atoms with Gasteiger partial charge in [0.25, 0.3) is 0 Å². The van der Waals surface area contributed by atoms with E-state index in [1.807, 2.05) is 60.7 Å². The van der Waals surface area contributed by atoms with Crippen LogP contribution >= 0.6 is 0 Å². The number of nitrogens with one attached hydrogen (secondary N) is 2. The molecular formula is C12H12N2OS. The van der Waals surface area contributed by atoms with Crippen LogP contribution in [-0.2, 0) is 11.5 Å². The van der Waals surface area contributed by atoms with Crippen LogP contribution in [0.15, 0.2) is 60.7 Å². The average molecular weight is 232 g/mol. The Bertz CT molecular complexity index is 380. The minimum absolute atomic E-state index is 0.823. The van der Waals surface area contributed by atoms with Crippen LogP contribution in [0.25, 0.3) is 0 Å². The Balaban J connectivity index is 1.92. The van der Waals surface area contributed by atoms with Crippen molar-refractivity contribution >= 4 is 22.9 Å². The van der Waals surface area contributed by atoms with Crippen LogP contribution in [0.3, 0.4) is 0 Å². The first-order valence-electron chi connectivity index (χ1n) is 4.90. The fraction of sp³-hybridized carbons (Fsp3) is 0. The molecular weight excluding hydrogens is 220 g/mol. The Hall–Kier alpha value is -1.65. The fourth-order valence-corrected chi connectivity index (χ4v) is 2.00. The summed E-state index contributed by atoms with van der Waals surface area (Å²) in [4.78, 5) is 0. The zero-order chi connectivity index (χ0) is 11.2. The predicted octanol–water partition coefficient (Wildman–Crippen LogP) is 2.79. The van der Waals surface area contributed by atoms with Gasteiger partial charge in [-0.15, -0.1) is 0 Å². The summed E-state index contributed by atoms with van der Waals surface area (Å²) >= 11 is -1.32. The van der Waals surface area contributed by atoms with Crippen molar-refractivity contribution in [3.8, 4) is 0 Å². The second kappa shape index (κ2) is 5.44. The topological polar surface area (TPSA) is 47.1 Å². The van der Waals surface area contributed by atoms with E-state index in [0.717, 1.165) is 11.4 Å². The zero-order valence-corrected chi connectivity index (χ0v) is 9.41. The highest BCUT2D eigenvalue weighted by Gasteiger charge is 2.06. The zero-order valence-electron chi connectivity index (χ0n) is 8.59. The molecule has 4 heteroatoms. The van der Waals surface area contributed by atoms with Crippen molar-refractivity contribution in [1.82, 2.24) is 0 Å². The normalized spacial score (nSPS) is 10.1. The maximum atomic E-state index is 11.7. The standard InChI is InChI=1S/C12H12N2OS/c15-16(13-11-7-3-1-4-8-11)14-12-9-5-2-6-10-12/h1-10,13-14H. The Morgan fingerprint density at radius 3 is 1.44 bits per heavy atom. The third kappa shape index (κ3) is 3.18. The van der Waals surface area contributed by atoms with Gasteiger partial charge in [0.1, 0.15) is 0 Å². The molecule has 3 nitrogen and oxygen atoms in total. The molecule has 2 aromatic carbocycles. The van der Waals surface area contributed by atoms with Gasteiger partial charge in [-0.2, -0.15) is 9.44 Å². The minimum Gasteiger partial charge on any atom is -0.568 e. The van der Waals surface area contributed by atoms with Gasteiger partial charge in [-0.25, -0.2) is 0 Å². The molecule has 0 radical (unpaired) electrons. The number of hydrogen-bond acceptors (Lipinski definition) is 3. The van der Waals surface area contributed by atoms with E-state index < -0.39 is 11.5 Å². The smallest absolute Gasteiger partial charge is 0.192 e. The molecule has 0 saturated heterocycles. The molecule has 0 unspecified atom stereocenters. The van der Waals surface area contributed by atoms with E-state index in [0.29, 0.717) is 0 Å². The van der Waals surface area contributed by atoms with Gasteiger partial charge in [-0.3, -0.25) is 0 Å². The van der Waals surface area contributed by atoms with Crippen LogP contribution in [0.1, 0.15) is 0 Å². The summed E-state index contributed by atoms with van der Waals surface area (Å²) in [6.45, 7) is 0. The van der Waals surface area contributed by atoms with Gasteiger partial charge in [0.15, 0.2) is 11.5 Å². The van der Waals surface area contributed by atoms with Crippen molar-refractivity contribution in [1.29, 1.82) is 0 Å². The summed E-state index contributed by atoms with van der Waals surface area (Å²) in [5.74, 6) is 0. The third-order valence-corrected chi connectivity index (χ3v) is 2.81. The van der Waals surface area contributed by atoms with E-state index in [-0.39, 0.29) is 0 Å². The van der Waals surface area contributed by atoms with E-state index in [9.17, 15) is 4.55 Å². The van der Waals surface area contributed by atoms with Crippen molar-refractivity contribution in [2.75, 3.05) is 9.44 Å². The number of para-hydroxylation sites is 2. The van der Waals surface area contributed by atoms with E-state index in [1.54, 1.807) is 0 Å². The van der Waals surface area contributed by atoms with Crippen molar-refractivity contribution in [2.24, 2.45) is 0 Å². The lowest BCUT2D eigenvalue weighted by Gasteiger charge is -2.12. The van der Waals surface area contributed by atoms with Crippen LogP contribution in [0.2, 0.25) is 0 Å². The summed E-state index contributed by atoms with van der Waals surface area (Å²) in [7, 11) is 0. The van der Waals surface area contributed by atoms with E-state index in [1.165, 1.54) is 0 Å². The number of rotatable bonds is 4. The molecule has 0 amide bonds. The van der Waals surface area contributed by atoms with Crippen LogP contribution in [0.4, 0.5) is 11.4 Å². The SMILES string of the molecule is [O-][S+](Nc1ccccc1)Nc1ccccc1. The van der Waals surface area contributed by atoms with Crippen LogP contribution in [0, 0.1) is 0 Å². The first-order valence-corrected chi connectivity index (χ1v) is 6.05. The molecule has 2 rings (SSSR count). The van der Waals surface area contributed by atoms with Crippen LogP contribution in [0.5, 0.6) is 0 Å².